The lowest BCUT2D eigenvalue weighted by Crippen LogP contribution is -2.53. The number of hydrogen-bond donors (Lipinski definition) is 1. The Labute approximate surface area is 238 Å². The lowest BCUT2D eigenvalue weighted by atomic mass is 10.1. The highest BCUT2D eigenvalue weighted by atomic mass is 79.9. The molecule has 38 heavy (non-hydrogen) atoms. The molecule has 0 spiro atoms. The van der Waals surface area contributed by atoms with E-state index in [1.807, 2.05) is 20.8 Å². The van der Waals surface area contributed by atoms with Gasteiger partial charge in [0.1, 0.15) is 12.6 Å². The Morgan fingerprint density at radius 3 is 2.21 bits per heavy atom. The fraction of sp³-hybridized carbons (Fsp3) is 0.286. The van der Waals surface area contributed by atoms with Gasteiger partial charge in [0, 0.05) is 22.1 Å². The molecule has 1 atom stereocenters. The maximum absolute atomic E-state index is 14.0. The number of hydrogen-bond acceptors (Lipinski definition) is 4. The second-order valence-electron chi connectivity index (χ2n) is 9.04. The molecule has 0 bridgehead atoms. The van der Waals surface area contributed by atoms with Crippen LogP contribution in [0.5, 0.6) is 0 Å². The van der Waals surface area contributed by atoms with E-state index in [1.54, 1.807) is 66.7 Å². The molecule has 0 radical (unpaired) electrons. The van der Waals surface area contributed by atoms with Crippen LogP contribution < -0.4 is 9.62 Å². The number of anilines is 1. The number of nitrogens with one attached hydrogen (secondary N) is 1. The van der Waals surface area contributed by atoms with Crippen molar-refractivity contribution in [3.63, 3.8) is 0 Å². The summed E-state index contributed by atoms with van der Waals surface area (Å²) in [6, 6.07) is 20.8. The van der Waals surface area contributed by atoms with Crippen LogP contribution in [0.1, 0.15) is 32.8 Å². The quantitative estimate of drug-likeness (QED) is 0.301. The maximum atomic E-state index is 14.0. The van der Waals surface area contributed by atoms with Gasteiger partial charge in [-0.05, 0) is 68.3 Å². The van der Waals surface area contributed by atoms with Crippen molar-refractivity contribution < 1.29 is 18.0 Å². The van der Waals surface area contributed by atoms with Crippen molar-refractivity contribution >= 4 is 55.1 Å². The molecule has 3 rings (SSSR count). The van der Waals surface area contributed by atoms with Gasteiger partial charge in [0.05, 0.1) is 10.6 Å². The van der Waals surface area contributed by atoms with Crippen molar-refractivity contribution in [2.45, 2.75) is 50.7 Å². The van der Waals surface area contributed by atoms with Gasteiger partial charge in [0.2, 0.25) is 11.8 Å². The van der Waals surface area contributed by atoms with Gasteiger partial charge >= 0.3 is 0 Å². The zero-order valence-corrected chi connectivity index (χ0v) is 24.6. The summed E-state index contributed by atoms with van der Waals surface area (Å²) in [4.78, 5) is 28.6. The zero-order valence-electron chi connectivity index (χ0n) is 21.5. The number of nitrogens with zero attached hydrogens (tertiary/aromatic N) is 2. The Morgan fingerprint density at radius 1 is 0.974 bits per heavy atom. The number of carbonyl (C=O) groups is 2. The van der Waals surface area contributed by atoms with Gasteiger partial charge in [0.25, 0.3) is 10.0 Å². The highest BCUT2D eigenvalue weighted by molar-refractivity contribution is 9.10. The molecule has 0 aliphatic rings. The molecule has 1 unspecified atom stereocenters. The summed E-state index contributed by atoms with van der Waals surface area (Å²) in [7, 11) is -4.10. The second kappa shape index (κ2) is 13.3. The van der Waals surface area contributed by atoms with Crippen LogP contribution in [0.4, 0.5) is 5.69 Å². The largest absolute Gasteiger partial charge is 0.352 e. The van der Waals surface area contributed by atoms with Crippen molar-refractivity contribution in [1.82, 2.24) is 10.2 Å². The first kappa shape index (κ1) is 29.7. The molecule has 2 amide bonds. The topological polar surface area (TPSA) is 86.8 Å². The van der Waals surface area contributed by atoms with Crippen LogP contribution in [0.25, 0.3) is 0 Å². The molecule has 0 heterocycles. The molecule has 1 N–H and O–H groups in total. The van der Waals surface area contributed by atoms with E-state index in [2.05, 4.69) is 21.2 Å². The van der Waals surface area contributed by atoms with E-state index < -0.39 is 28.5 Å². The van der Waals surface area contributed by atoms with Crippen molar-refractivity contribution in [3.05, 3.63) is 93.9 Å². The van der Waals surface area contributed by atoms with Gasteiger partial charge in [-0.2, -0.15) is 0 Å². The van der Waals surface area contributed by atoms with Gasteiger partial charge in [0.15, 0.2) is 0 Å². The number of benzene rings is 3. The van der Waals surface area contributed by atoms with Crippen LogP contribution in [0.2, 0.25) is 5.02 Å². The van der Waals surface area contributed by atoms with Crippen molar-refractivity contribution in [3.8, 4) is 0 Å². The Bertz CT molecular complexity index is 1350. The van der Waals surface area contributed by atoms with Crippen LogP contribution in [0, 0.1) is 0 Å². The predicted octanol–water partition coefficient (Wildman–Crippen LogP) is 5.63. The van der Waals surface area contributed by atoms with E-state index in [0.29, 0.717) is 21.6 Å². The van der Waals surface area contributed by atoms with Crippen LogP contribution >= 0.6 is 27.5 Å². The monoisotopic (exact) mass is 619 g/mol. The summed E-state index contributed by atoms with van der Waals surface area (Å²) in [5.41, 5.74) is 1.08. The molecule has 0 fully saturated rings. The number of rotatable bonds is 11. The van der Waals surface area contributed by atoms with E-state index in [-0.39, 0.29) is 23.4 Å². The van der Waals surface area contributed by atoms with E-state index in [9.17, 15) is 18.0 Å². The first-order chi connectivity index (χ1) is 18.0. The lowest BCUT2D eigenvalue weighted by molar-refractivity contribution is -0.140. The highest BCUT2D eigenvalue weighted by Crippen LogP contribution is 2.27. The van der Waals surface area contributed by atoms with Gasteiger partial charge in [-0.25, -0.2) is 8.42 Å². The fourth-order valence-corrected chi connectivity index (χ4v) is 5.91. The summed E-state index contributed by atoms with van der Waals surface area (Å²) in [6.07, 6.45) is 0.347. The minimum absolute atomic E-state index is 0.0571. The molecule has 0 saturated heterocycles. The average molecular weight is 621 g/mol. The first-order valence-electron chi connectivity index (χ1n) is 12.2. The van der Waals surface area contributed by atoms with Crippen molar-refractivity contribution in [2.24, 2.45) is 0 Å². The van der Waals surface area contributed by atoms with Gasteiger partial charge < -0.3 is 10.2 Å². The molecular formula is C28H31BrClN3O4S. The van der Waals surface area contributed by atoms with Gasteiger partial charge in [-0.3, -0.25) is 13.9 Å². The third-order valence-corrected chi connectivity index (χ3v) is 8.32. The Kier molecular flexibility index (Phi) is 10.4. The third-order valence-electron chi connectivity index (χ3n) is 5.79. The Balaban J connectivity index is 2.05. The molecular weight excluding hydrogens is 590 g/mol. The van der Waals surface area contributed by atoms with Crippen LogP contribution in [-0.2, 0) is 26.2 Å². The Hall–Kier alpha value is -2.88. The van der Waals surface area contributed by atoms with Gasteiger partial charge in [-0.15, -0.1) is 0 Å². The number of sulfonamides is 1. The maximum Gasteiger partial charge on any atom is 0.264 e. The molecule has 3 aromatic carbocycles. The Morgan fingerprint density at radius 2 is 1.63 bits per heavy atom. The van der Waals surface area contributed by atoms with E-state index in [0.717, 1.165) is 9.87 Å². The molecule has 0 aromatic heterocycles. The van der Waals surface area contributed by atoms with Gasteiger partial charge in [-0.1, -0.05) is 70.9 Å². The van der Waals surface area contributed by atoms with Crippen LogP contribution in [0.3, 0.4) is 0 Å². The third kappa shape index (κ3) is 7.58. The number of halogens is 2. The summed E-state index contributed by atoms with van der Waals surface area (Å²) in [5.74, 6) is -0.810. The van der Waals surface area contributed by atoms with Crippen LogP contribution in [0.15, 0.2) is 88.2 Å². The van der Waals surface area contributed by atoms with E-state index >= 15 is 0 Å². The SMILES string of the molecule is CCC(C(=O)NC(C)C)N(Cc1ccc(Cl)cc1)C(=O)CN(c1cccc(Br)c1)S(=O)(=O)c1ccccc1. The second-order valence-corrected chi connectivity index (χ2v) is 12.3. The van der Waals surface area contributed by atoms with E-state index in [1.165, 1.54) is 17.0 Å². The standard InChI is InChI=1S/C28H31BrClN3O4S/c1-4-26(28(35)31-20(2)3)32(18-21-13-15-23(30)16-14-21)27(34)19-33(24-10-8-9-22(29)17-24)38(36,37)25-11-6-5-7-12-25/h5-17,20,26H,4,18-19H2,1-3H3,(H,31,35). The molecule has 7 nitrogen and oxygen atoms in total. The molecule has 202 valence electrons. The molecule has 0 aliphatic carbocycles. The lowest BCUT2D eigenvalue weighted by Gasteiger charge is -2.33. The number of carbonyl (C=O) groups excluding carboxylic acids is 2. The number of amides is 2. The molecule has 10 heteroatoms. The minimum atomic E-state index is -4.10. The first-order valence-corrected chi connectivity index (χ1v) is 14.8. The summed E-state index contributed by atoms with van der Waals surface area (Å²) in [6.45, 7) is 5.12. The van der Waals surface area contributed by atoms with E-state index in [4.69, 9.17) is 11.6 Å². The zero-order chi connectivity index (χ0) is 27.9. The van der Waals surface area contributed by atoms with Crippen molar-refractivity contribution in [1.29, 1.82) is 0 Å². The molecule has 0 aliphatic heterocycles. The molecule has 3 aromatic rings. The fourth-order valence-electron chi connectivity index (χ4n) is 3.97. The highest BCUT2D eigenvalue weighted by Gasteiger charge is 2.33. The van der Waals surface area contributed by atoms with Crippen LogP contribution in [-0.4, -0.2) is 43.8 Å². The summed E-state index contributed by atoms with van der Waals surface area (Å²) >= 11 is 9.44. The van der Waals surface area contributed by atoms with Crippen molar-refractivity contribution in [2.75, 3.05) is 10.8 Å². The predicted molar refractivity (Wildman–Crippen MR) is 154 cm³/mol. The average Bonchev–Trinajstić information content (AvgIpc) is 2.88. The molecule has 0 saturated carbocycles. The smallest absolute Gasteiger partial charge is 0.264 e. The summed E-state index contributed by atoms with van der Waals surface area (Å²) in [5, 5.41) is 3.43. The minimum Gasteiger partial charge on any atom is -0.352 e. The summed E-state index contributed by atoms with van der Waals surface area (Å²) < 4.78 is 29.3. The normalized spacial score (nSPS) is 12.2.